The summed E-state index contributed by atoms with van der Waals surface area (Å²) in [6.45, 7) is 0. The fourth-order valence-electron chi connectivity index (χ4n) is 0.688. The molecule has 1 aromatic rings. The van der Waals surface area contributed by atoms with Crippen molar-refractivity contribution >= 4 is 23.2 Å². The molecular weight excluding hydrogens is 174 g/mol. The maximum Gasteiger partial charge on any atom is 0.279 e. The largest absolute Gasteiger partial charge is 0.473 e. The van der Waals surface area contributed by atoms with E-state index < -0.39 is 0 Å². The summed E-state index contributed by atoms with van der Waals surface area (Å²) in [5.74, 6) is 6.11. The van der Waals surface area contributed by atoms with Gasteiger partial charge in [0.1, 0.15) is 0 Å². The van der Waals surface area contributed by atoms with Crippen LogP contribution in [0.3, 0.4) is 0 Å². The number of nitrogens with zero attached hydrogens (tertiary/aromatic N) is 2. The number of pyridine rings is 1. The lowest BCUT2D eigenvalue weighted by molar-refractivity contribution is 0.403. The molecule has 1 aromatic heterocycles. The number of hydrogen-bond acceptors (Lipinski definition) is 4. The van der Waals surface area contributed by atoms with Crippen LogP contribution in [0.15, 0.2) is 24.4 Å². The summed E-state index contributed by atoms with van der Waals surface area (Å²) in [6, 6.07) is 5.36. The van der Waals surface area contributed by atoms with Crippen LogP contribution in [0.2, 0.25) is 0 Å². The van der Waals surface area contributed by atoms with Crippen molar-refractivity contribution in [1.29, 1.82) is 0 Å². The number of ether oxygens (including phenoxy) is 1. The van der Waals surface area contributed by atoms with Crippen molar-refractivity contribution in [2.45, 2.75) is 0 Å². The van der Waals surface area contributed by atoms with E-state index in [9.17, 15) is 0 Å². The Morgan fingerprint density at radius 1 is 1.67 bits per heavy atom. The summed E-state index contributed by atoms with van der Waals surface area (Å²) in [5.41, 5.74) is 0. The molecule has 12 heavy (non-hydrogen) atoms. The molecule has 64 valence electrons. The molecule has 0 amide bonds. The Balaban J connectivity index is 2.78. The fraction of sp³-hybridized carbons (Fsp3) is 0.143. The number of hydrogen-bond donors (Lipinski definition) is 1. The highest BCUT2D eigenvalue weighted by molar-refractivity contribution is 7.80. The smallest absolute Gasteiger partial charge is 0.279 e. The third-order valence-electron chi connectivity index (χ3n) is 1.27. The summed E-state index contributed by atoms with van der Waals surface area (Å²) in [6.07, 6.45) is 1.63. The van der Waals surface area contributed by atoms with Gasteiger partial charge in [0.05, 0.1) is 7.11 Å². The molecule has 0 aliphatic rings. The van der Waals surface area contributed by atoms with Gasteiger partial charge in [-0.25, -0.2) is 15.8 Å². The minimum absolute atomic E-state index is 0.189. The Hall–Kier alpha value is -1.20. The van der Waals surface area contributed by atoms with Gasteiger partial charge in [0.2, 0.25) is 0 Å². The molecule has 0 saturated heterocycles. The van der Waals surface area contributed by atoms with Gasteiger partial charge in [-0.2, -0.15) is 0 Å². The van der Waals surface area contributed by atoms with Crippen molar-refractivity contribution in [3.05, 3.63) is 24.4 Å². The first kappa shape index (κ1) is 8.89. The van der Waals surface area contributed by atoms with E-state index in [-0.39, 0.29) is 5.17 Å². The molecular formula is C7H9N3OS. The summed E-state index contributed by atoms with van der Waals surface area (Å²) < 4.78 is 4.76. The van der Waals surface area contributed by atoms with Crippen molar-refractivity contribution in [2.24, 2.45) is 5.84 Å². The van der Waals surface area contributed by atoms with Gasteiger partial charge < -0.3 is 4.74 Å². The lowest BCUT2D eigenvalue weighted by Crippen LogP contribution is -2.37. The molecule has 0 aliphatic heterocycles. The normalized spacial score (nSPS) is 9.17. The fourth-order valence-corrected chi connectivity index (χ4v) is 0.782. The SMILES string of the molecule is COC(=S)N(N)c1ccccn1. The standard InChI is InChI=1S/C7H9N3OS/c1-11-7(12)10(8)6-4-2-3-5-9-6/h2-5H,8H2,1H3. The van der Waals surface area contributed by atoms with Crippen molar-refractivity contribution in [2.75, 3.05) is 12.1 Å². The van der Waals surface area contributed by atoms with E-state index >= 15 is 0 Å². The predicted octanol–water partition coefficient (Wildman–Crippen LogP) is 0.693. The molecule has 4 nitrogen and oxygen atoms in total. The van der Waals surface area contributed by atoms with Gasteiger partial charge in [0, 0.05) is 6.20 Å². The summed E-state index contributed by atoms with van der Waals surface area (Å²) >= 11 is 4.80. The minimum Gasteiger partial charge on any atom is -0.473 e. The first-order valence-corrected chi connectivity index (χ1v) is 3.70. The van der Waals surface area contributed by atoms with Crippen LogP contribution in [0, 0.1) is 0 Å². The quantitative estimate of drug-likeness (QED) is 0.394. The Bertz CT molecular complexity index is 265. The Kier molecular flexibility index (Phi) is 2.95. The number of nitrogens with two attached hydrogens (primary N) is 1. The topological polar surface area (TPSA) is 51.4 Å². The van der Waals surface area contributed by atoms with E-state index in [4.69, 9.17) is 22.8 Å². The van der Waals surface area contributed by atoms with Crippen molar-refractivity contribution in [3.63, 3.8) is 0 Å². The molecule has 0 radical (unpaired) electrons. The zero-order chi connectivity index (χ0) is 8.97. The van der Waals surface area contributed by atoms with E-state index in [2.05, 4.69) is 4.98 Å². The van der Waals surface area contributed by atoms with Crippen molar-refractivity contribution in [3.8, 4) is 0 Å². The summed E-state index contributed by atoms with van der Waals surface area (Å²) in [7, 11) is 1.46. The molecule has 0 saturated carbocycles. The van der Waals surface area contributed by atoms with Crippen molar-refractivity contribution < 1.29 is 4.74 Å². The van der Waals surface area contributed by atoms with Crippen LogP contribution in [0.5, 0.6) is 0 Å². The highest BCUT2D eigenvalue weighted by Crippen LogP contribution is 2.05. The van der Waals surface area contributed by atoms with E-state index in [0.717, 1.165) is 0 Å². The zero-order valence-electron chi connectivity index (χ0n) is 6.60. The first-order valence-electron chi connectivity index (χ1n) is 3.29. The van der Waals surface area contributed by atoms with E-state index in [1.807, 2.05) is 6.07 Å². The molecule has 2 N–H and O–H groups in total. The van der Waals surface area contributed by atoms with E-state index in [1.165, 1.54) is 12.1 Å². The minimum atomic E-state index is 0.189. The number of methoxy groups -OCH3 is 1. The lowest BCUT2D eigenvalue weighted by Gasteiger charge is -2.15. The molecule has 0 spiro atoms. The van der Waals surface area contributed by atoms with Gasteiger partial charge in [0.15, 0.2) is 5.82 Å². The van der Waals surface area contributed by atoms with Crippen LogP contribution >= 0.6 is 12.2 Å². The summed E-state index contributed by atoms with van der Waals surface area (Å²) in [4.78, 5) is 3.98. The third kappa shape index (κ3) is 1.90. The van der Waals surface area contributed by atoms with Gasteiger partial charge in [-0.3, -0.25) is 0 Å². The molecule has 0 unspecified atom stereocenters. The van der Waals surface area contributed by atoms with Gasteiger partial charge in [-0.05, 0) is 24.4 Å². The monoisotopic (exact) mass is 183 g/mol. The molecule has 0 aliphatic carbocycles. The maximum absolute atomic E-state index is 5.55. The van der Waals surface area contributed by atoms with Gasteiger partial charge in [-0.1, -0.05) is 6.07 Å². The zero-order valence-corrected chi connectivity index (χ0v) is 7.41. The van der Waals surface area contributed by atoms with E-state index in [0.29, 0.717) is 5.82 Å². The number of hydrazine groups is 1. The number of thiocarbonyl (C=S) groups is 1. The Morgan fingerprint density at radius 3 is 2.92 bits per heavy atom. The second kappa shape index (κ2) is 3.99. The van der Waals surface area contributed by atoms with Crippen molar-refractivity contribution in [1.82, 2.24) is 4.98 Å². The van der Waals surface area contributed by atoms with Crippen LogP contribution in [0.1, 0.15) is 0 Å². The van der Waals surface area contributed by atoms with Gasteiger partial charge in [0.25, 0.3) is 5.17 Å². The van der Waals surface area contributed by atoms with Crippen LogP contribution < -0.4 is 10.9 Å². The average molecular weight is 183 g/mol. The van der Waals surface area contributed by atoms with Crippen LogP contribution in [-0.2, 0) is 4.74 Å². The lowest BCUT2D eigenvalue weighted by atomic mass is 10.5. The Labute approximate surface area is 75.9 Å². The van der Waals surface area contributed by atoms with Crippen LogP contribution in [0.25, 0.3) is 0 Å². The van der Waals surface area contributed by atoms with E-state index in [1.54, 1.807) is 18.3 Å². The maximum atomic E-state index is 5.55. The number of aromatic nitrogens is 1. The highest BCUT2D eigenvalue weighted by atomic mass is 32.1. The summed E-state index contributed by atoms with van der Waals surface area (Å²) in [5, 5.41) is 1.39. The first-order chi connectivity index (χ1) is 5.75. The molecule has 1 heterocycles. The molecule has 1 rings (SSSR count). The highest BCUT2D eigenvalue weighted by Gasteiger charge is 2.06. The number of rotatable bonds is 1. The van der Waals surface area contributed by atoms with Crippen LogP contribution in [-0.4, -0.2) is 17.3 Å². The molecule has 0 bridgehead atoms. The second-order valence-corrected chi connectivity index (χ2v) is 2.38. The molecule has 0 aromatic carbocycles. The average Bonchev–Trinajstić information content (AvgIpc) is 2.17. The van der Waals surface area contributed by atoms with Gasteiger partial charge >= 0.3 is 0 Å². The second-order valence-electron chi connectivity index (χ2n) is 2.03. The predicted molar refractivity (Wildman–Crippen MR) is 50.5 cm³/mol. The van der Waals surface area contributed by atoms with Gasteiger partial charge in [-0.15, -0.1) is 0 Å². The molecule has 5 heteroatoms. The number of anilines is 1. The third-order valence-corrected chi connectivity index (χ3v) is 1.63. The molecule has 0 fully saturated rings. The molecule has 0 atom stereocenters. The van der Waals surface area contributed by atoms with Crippen LogP contribution in [0.4, 0.5) is 5.82 Å². The Morgan fingerprint density at radius 2 is 2.42 bits per heavy atom.